The van der Waals surface area contributed by atoms with E-state index in [1.54, 1.807) is 6.92 Å². The first-order valence-electron chi connectivity index (χ1n) is 12.6. The number of benzene rings is 1. The minimum atomic E-state index is -1.03. The van der Waals surface area contributed by atoms with Gasteiger partial charge in [0.2, 0.25) is 0 Å². The molecule has 0 spiro atoms. The molecular formula is C29H34FN3O2. The van der Waals surface area contributed by atoms with Gasteiger partial charge in [-0.1, -0.05) is 29.4 Å². The topological polar surface area (TPSA) is 53.1 Å². The zero-order chi connectivity index (χ0) is 24.6. The highest BCUT2D eigenvalue weighted by molar-refractivity contribution is 5.95. The Bertz CT molecular complexity index is 1290. The van der Waals surface area contributed by atoms with Crippen LogP contribution < -0.4 is 0 Å². The Kier molecular flexibility index (Phi) is 6.49. The van der Waals surface area contributed by atoms with Gasteiger partial charge in [0.25, 0.3) is 0 Å². The first-order chi connectivity index (χ1) is 16.8. The summed E-state index contributed by atoms with van der Waals surface area (Å²) in [7, 11) is 0. The van der Waals surface area contributed by atoms with Crippen LogP contribution in [0.4, 0.5) is 4.39 Å². The van der Waals surface area contributed by atoms with E-state index in [2.05, 4.69) is 46.3 Å². The Balaban J connectivity index is 1.55. The number of halogens is 1. The molecule has 1 aromatic carbocycles. The van der Waals surface area contributed by atoms with Gasteiger partial charge in [0, 0.05) is 42.2 Å². The molecule has 0 bridgehead atoms. The molecule has 184 valence electrons. The maximum atomic E-state index is 14.4. The number of rotatable bonds is 7. The lowest BCUT2D eigenvalue weighted by atomic mass is 9.81. The number of aryl methyl sites for hydroxylation is 2. The molecule has 0 atom stereocenters. The van der Waals surface area contributed by atoms with Crippen LogP contribution in [0, 0.1) is 19.8 Å². The highest BCUT2D eigenvalue weighted by Crippen LogP contribution is 2.38. The van der Waals surface area contributed by atoms with Crippen LogP contribution in [0.3, 0.4) is 0 Å². The summed E-state index contributed by atoms with van der Waals surface area (Å²) in [4.78, 5) is 4.93. The van der Waals surface area contributed by atoms with E-state index in [0.29, 0.717) is 32.0 Å². The van der Waals surface area contributed by atoms with Crippen molar-refractivity contribution < 1.29 is 13.7 Å². The predicted octanol–water partition coefficient (Wildman–Crippen LogP) is 7.43. The van der Waals surface area contributed by atoms with E-state index in [1.807, 2.05) is 27.0 Å². The van der Waals surface area contributed by atoms with E-state index >= 15 is 0 Å². The van der Waals surface area contributed by atoms with Crippen LogP contribution in [0.25, 0.3) is 33.3 Å². The van der Waals surface area contributed by atoms with E-state index in [0.717, 1.165) is 69.7 Å². The van der Waals surface area contributed by atoms with Crippen LogP contribution in [0.15, 0.2) is 47.2 Å². The number of hydrogen-bond acceptors (Lipinski definition) is 4. The number of fused-ring (bicyclic) bond motifs is 1. The van der Waals surface area contributed by atoms with Gasteiger partial charge in [-0.15, -0.1) is 0 Å². The first kappa shape index (κ1) is 23.7. The summed E-state index contributed by atoms with van der Waals surface area (Å²) in [5, 5.41) is 4.13. The third-order valence-electron chi connectivity index (χ3n) is 7.38. The molecule has 1 fully saturated rings. The van der Waals surface area contributed by atoms with E-state index in [9.17, 15) is 4.39 Å². The van der Waals surface area contributed by atoms with Gasteiger partial charge < -0.3 is 13.8 Å². The van der Waals surface area contributed by atoms with E-state index in [4.69, 9.17) is 14.2 Å². The molecule has 1 saturated carbocycles. The molecule has 35 heavy (non-hydrogen) atoms. The van der Waals surface area contributed by atoms with Crippen LogP contribution in [0.2, 0.25) is 0 Å². The standard InChI is InChI=1S/C29H34FN3O2/c1-5-34-18-22-6-8-23(9-7-22)25-17-33(16-21-10-12-29(4,30)13-11-21)26-14-24(15-31-28(25)26)27-19(2)32-35-20(27)3/h6-9,14-15,17,21H,5,10-13,16,18H2,1-4H3. The van der Waals surface area contributed by atoms with Crippen LogP contribution in [-0.4, -0.2) is 27.0 Å². The first-order valence-corrected chi connectivity index (χ1v) is 12.6. The monoisotopic (exact) mass is 475 g/mol. The molecule has 0 unspecified atom stereocenters. The van der Waals surface area contributed by atoms with Crippen molar-refractivity contribution in [2.24, 2.45) is 5.92 Å². The molecule has 5 rings (SSSR count). The Hall–Kier alpha value is -2.99. The van der Waals surface area contributed by atoms with E-state index < -0.39 is 5.67 Å². The molecule has 0 saturated heterocycles. The Morgan fingerprint density at radius 1 is 1.14 bits per heavy atom. The fraction of sp³-hybridized carbons (Fsp3) is 0.448. The number of alkyl halides is 1. The number of ether oxygens (including phenoxy) is 1. The Morgan fingerprint density at radius 2 is 1.89 bits per heavy atom. The fourth-order valence-electron chi connectivity index (χ4n) is 5.30. The zero-order valence-corrected chi connectivity index (χ0v) is 21.1. The second kappa shape index (κ2) is 9.57. The molecule has 0 N–H and O–H groups in total. The number of hydrogen-bond donors (Lipinski definition) is 0. The molecule has 5 nitrogen and oxygen atoms in total. The van der Waals surface area contributed by atoms with Crippen molar-refractivity contribution in [1.82, 2.24) is 14.7 Å². The lowest BCUT2D eigenvalue weighted by Gasteiger charge is -2.31. The van der Waals surface area contributed by atoms with Crippen LogP contribution in [0.1, 0.15) is 56.5 Å². The zero-order valence-electron chi connectivity index (χ0n) is 21.1. The molecule has 0 aliphatic heterocycles. The maximum absolute atomic E-state index is 14.4. The molecule has 4 aromatic rings. The number of nitrogens with zero attached hydrogens (tertiary/aromatic N) is 3. The lowest BCUT2D eigenvalue weighted by molar-refractivity contribution is 0.0985. The molecule has 0 amide bonds. The maximum Gasteiger partial charge on any atom is 0.141 e. The lowest BCUT2D eigenvalue weighted by Crippen LogP contribution is -2.27. The van der Waals surface area contributed by atoms with E-state index in [-0.39, 0.29) is 0 Å². The molecule has 0 radical (unpaired) electrons. The summed E-state index contributed by atoms with van der Waals surface area (Å²) in [5.74, 6) is 1.25. The summed E-state index contributed by atoms with van der Waals surface area (Å²) in [6, 6.07) is 10.7. The van der Waals surface area contributed by atoms with Gasteiger partial charge in [-0.05, 0) is 76.5 Å². The molecular weight excluding hydrogens is 441 g/mol. The minimum absolute atomic E-state index is 0.457. The third kappa shape index (κ3) is 4.90. The van der Waals surface area contributed by atoms with Crippen LogP contribution in [-0.2, 0) is 17.9 Å². The number of aromatic nitrogens is 3. The highest BCUT2D eigenvalue weighted by Gasteiger charge is 2.31. The van der Waals surface area contributed by atoms with Gasteiger partial charge in [-0.25, -0.2) is 4.39 Å². The summed E-state index contributed by atoms with van der Waals surface area (Å²) >= 11 is 0. The smallest absolute Gasteiger partial charge is 0.141 e. The van der Waals surface area contributed by atoms with Crippen LogP contribution in [0.5, 0.6) is 0 Å². The number of pyridine rings is 1. The Morgan fingerprint density at radius 3 is 2.54 bits per heavy atom. The minimum Gasteiger partial charge on any atom is -0.377 e. The van der Waals surface area contributed by atoms with Crippen molar-refractivity contribution >= 4 is 11.0 Å². The molecule has 6 heteroatoms. The predicted molar refractivity (Wildman–Crippen MR) is 137 cm³/mol. The molecule has 3 aromatic heterocycles. The van der Waals surface area contributed by atoms with Gasteiger partial charge in [0.05, 0.1) is 23.3 Å². The van der Waals surface area contributed by atoms with Gasteiger partial charge in [-0.3, -0.25) is 4.98 Å². The average molecular weight is 476 g/mol. The largest absolute Gasteiger partial charge is 0.377 e. The quantitative estimate of drug-likeness (QED) is 0.279. The van der Waals surface area contributed by atoms with Crippen molar-refractivity contribution in [2.75, 3.05) is 6.61 Å². The van der Waals surface area contributed by atoms with Crippen molar-refractivity contribution in [3.8, 4) is 22.3 Å². The van der Waals surface area contributed by atoms with Crippen LogP contribution >= 0.6 is 0 Å². The highest BCUT2D eigenvalue weighted by atomic mass is 19.1. The van der Waals surface area contributed by atoms with Gasteiger partial charge in [0.15, 0.2) is 0 Å². The fourth-order valence-corrected chi connectivity index (χ4v) is 5.30. The van der Waals surface area contributed by atoms with E-state index in [1.165, 1.54) is 0 Å². The summed E-state index contributed by atoms with van der Waals surface area (Å²) in [6.45, 7) is 9.82. The summed E-state index contributed by atoms with van der Waals surface area (Å²) in [5.41, 5.74) is 7.30. The molecule has 1 aliphatic carbocycles. The van der Waals surface area contributed by atoms with Crippen molar-refractivity contribution in [1.29, 1.82) is 0 Å². The van der Waals surface area contributed by atoms with Crippen molar-refractivity contribution in [3.63, 3.8) is 0 Å². The third-order valence-corrected chi connectivity index (χ3v) is 7.38. The van der Waals surface area contributed by atoms with Crippen molar-refractivity contribution in [3.05, 3.63) is 59.7 Å². The Labute approximate surface area is 206 Å². The second-order valence-electron chi connectivity index (χ2n) is 10.2. The van der Waals surface area contributed by atoms with Crippen molar-refractivity contribution in [2.45, 2.75) is 72.2 Å². The SMILES string of the molecule is CCOCc1ccc(-c2cn(CC3CCC(C)(F)CC3)c3cc(-c4c(C)noc4C)cnc23)cc1. The molecule has 3 heterocycles. The summed E-state index contributed by atoms with van der Waals surface area (Å²) in [6.07, 6.45) is 7.22. The average Bonchev–Trinajstić information content (AvgIpc) is 3.38. The van der Waals surface area contributed by atoms with Gasteiger partial charge in [-0.2, -0.15) is 0 Å². The molecule has 1 aliphatic rings. The summed E-state index contributed by atoms with van der Waals surface area (Å²) < 4.78 is 27.7. The normalized spacial score (nSPS) is 20.5. The van der Waals surface area contributed by atoms with Gasteiger partial charge >= 0.3 is 0 Å². The van der Waals surface area contributed by atoms with Gasteiger partial charge in [0.1, 0.15) is 11.4 Å². The second-order valence-corrected chi connectivity index (χ2v) is 10.2.